The zero-order valence-electron chi connectivity index (χ0n) is 22.6. The van der Waals surface area contributed by atoms with Crippen molar-refractivity contribution in [1.82, 2.24) is 14.6 Å². The SMILES string of the molecule is CCCCCCOc1ccc(-c2nc3s/c(=C/c4ccc(OCCCCCC)c(OC)c4)c(=O)n3n2)cc1. The minimum atomic E-state index is -0.189. The predicted octanol–water partition coefficient (Wildman–Crippen LogP) is 6.29. The van der Waals surface area contributed by atoms with E-state index in [9.17, 15) is 4.79 Å². The van der Waals surface area contributed by atoms with Crippen molar-refractivity contribution in [3.63, 3.8) is 0 Å². The number of unbranched alkanes of at least 4 members (excludes halogenated alkanes) is 6. The average Bonchev–Trinajstić information content (AvgIpc) is 3.48. The molecule has 0 amide bonds. The monoisotopic (exact) mass is 535 g/mol. The Bertz CT molecular complexity index is 1410. The molecule has 2 heterocycles. The molecule has 0 spiro atoms. The van der Waals surface area contributed by atoms with Gasteiger partial charge in [0.05, 0.1) is 24.9 Å². The second-order valence-electron chi connectivity index (χ2n) is 9.30. The Kier molecular flexibility index (Phi) is 10.1. The minimum Gasteiger partial charge on any atom is -0.494 e. The van der Waals surface area contributed by atoms with Gasteiger partial charge in [-0.15, -0.1) is 5.10 Å². The summed E-state index contributed by atoms with van der Waals surface area (Å²) in [5.74, 6) is 2.72. The smallest absolute Gasteiger partial charge is 0.291 e. The van der Waals surface area contributed by atoms with Gasteiger partial charge in [0, 0.05) is 5.56 Å². The van der Waals surface area contributed by atoms with Crippen molar-refractivity contribution in [2.24, 2.45) is 0 Å². The van der Waals surface area contributed by atoms with Crippen LogP contribution in [0.5, 0.6) is 17.2 Å². The van der Waals surface area contributed by atoms with Crippen LogP contribution in [-0.2, 0) is 0 Å². The van der Waals surface area contributed by atoms with E-state index in [0.29, 0.717) is 33.4 Å². The van der Waals surface area contributed by atoms with Gasteiger partial charge in [0.15, 0.2) is 17.3 Å². The molecular formula is C30H37N3O4S. The van der Waals surface area contributed by atoms with Crippen molar-refractivity contribution in [2.75, 3.05) is 20.3 Å². The Morgan fingerprint density at radius 1 is 0.868 bits per heavy atom. The normalized spacial score (nSPS) is 11.8. The maximum absolute atomic E-state index is 13.0. The summed E-state index contributed by atoms with van der Waals surface area (Å²) >= 11 is 1.32. The zero-order valence-corrected chi connectivity index (χ0v) is 23.4. The predicted molar refractivity (Wildman–Crippen MR) is 154 cm³/mol. The molecule has 8 heteroatoms. The van der Waals surface area contributed by atoms with Crippen LogP contribution >= 0.6 is 11.3 Å². The van der Waals surface area contributed by atoms with E-state index in [0.717, 1.165) is 42.7 Å². The Labute approximate surface area is 228 Å². The van der Waals surface area contributed by atoms with Gasteiger partial charge in [0.25, 0.3) is 5.56 Å². The van der Waals surface area contributed by atoms with E-state index in [4.69, 9.17) is 14.2 Å². The van der Waals surface area contributed by atoms with Crippen molar-refractivity contribution in [1.29, 1.82) is 0 Å². The summed E-state index contributed by atoms with van der Waals surface area (Å²) in [5, 5.41) is 4.47. The quantitative estimate of drug-likeness (QED) is 0.167. The molecular weight excluding hydrogens is 498 g/mol. The molecule has 2 aromatic heterocycles. The summed E-state index contributed by atoms with van der Waals surface area (Å²) in [6.07, 6.45) is 11.1. The number of benzene rings is 2. The van der Waals surface area contributed by atoms with E-state index in [2.05, 4.69) is 23.9 Å². The fourth-order valence-electron chi connectivity index (χ4n) is 4.13. The molecule has 0 unspecified atom stereocenters. The first kappa shape index (κ1) is 27.6. The molecule has 38 heavy (non-hydrogen) atoms. The van der Waals surface area contributed by atoms with Gasteiger partial charge in [-0.25, -0.2) is 0 Å². The van der Waals surface area contributed by atoms with Crippen LogP contribution in [0.4, 0.5) is 0 Å². The van der Waals surface area contributed by atoms with Gasteiger partial charge in [0.1, 0.15) is 5.75 Å². The van der Waals surface area contributed by atoms with Crippen LogP contribution in [0.2, 0.25) is 0 Å². The Morgan fingerprint density at radius 2 is 1.58 bits per heavy atom. The van der Waals surface area contributed by atoms with Crippen LogP contribution in [-0.4, -0.2) is 34.9 Å². The maximum atomic E-state index is 13.0. The number of aromatic nitrogens is 3. The minimum absolute atomic E-state index is 0.189. The lowest BCUT2D eigenvalue weighted by Crippen LogP contribution is -2.23. The van der Waals surface area contributed by atoms with Crippen LogP contribution in [0.25, 0.3) is 22.4 Å². The Morgan fingerprint density at radius 3 is 2.24 bits per heavy atom. The van der Waals surface area contributed by atoms with Gasteiger partial charge < -0.3 is 14.2 Å². The third kappa shape index (κ3) is 7.13. The van der Waals surface area contributed by atoms with Crippen LogP contribution in [0.15, 0.2) is 47.3 Å². The van der Waals surface area contributed by atoms with Crippen molar-refractivity contribution in [3.05, 3.63) is 62.9 Å². The molecule has 4 rings (SSSR count). The van der Waals surface area contributed by atoms with E-state index < -0.39 is 0 Å². The van der Waals surface area contributed by atoms with Crippen molar-refractivity contribution < 1.29 is 14.2 Å². The number of methoxy groups -OCH3 is 1. The van der Waals surface area contributed by atoms with Gasteiger partial charge in [-0.05, 0) is 60.9 Å². The van der Waals surface area contributed by atoms with Crippen LogP contribution in [0.1, 0.15) is 70.8 Å². The van der Waals surface area contributed by atoms with Gasteiger partial charge in [-0.3, -0.25) is 4.79 Å². The molecule has 0 aliphatic heterocycles. The molecule has 0 atom stereocenters. The van der Waals surface area contributed by atoms with Crippen molar-refractivity contribution in [3.8, 4) is 28.6 Å². The molecule has 4 aromatic rings. The van der Waals surface area contributed by atoms with Gasteiger partial charge in [-0.2, -0.15) is 9.50 Å². The Balaban J connectivity index is 1.45. The van der Waals surface area contributed by atoms with Crippen molar-refractivity contribution >= 4 is 22.4 Å². The first-order valence-electron chi connectivity index (χ1n) is 13.6. The lowest BCUT2D eigenvalue weighted by atomic mass is 10.2. The molecule has 0 aliphatic carbocycles. The fourth-order valence-corrected chi connectivity index (χ4v) is 5.04. The highest BCUT2D eigenvalue weighted by Crippen LogP contribution is 2.29. The summed E-state index contributed by atoms with van der Waals surface area (Å²) < 4.78 is 19.2. The molecule has 0 N–H and O–H groups in total. The molecule has 0 saturated heterocycles. The fraction of sp³-hybridized carbons (Fsp3) is 0.433. The van der Waals surface area contributed by atoms with E-state index in [-0.39, 0.29) is 5.56 Å². The molecule has 2 aromatic carbocycles. The Hall–Kier alpha value is -3.39. The topological polar surface area (TPSA) is 75.0 Å². The van der Waals surface area contributed by atoms with E-state index in [1.54, 1.807) is 7.11 Å². The van der Waals surface area contributed by atoms with Crippen molar-refractivity contribution in [2.45, 2.75) is 65.2 Å². The molecule has 0 radical (unpaired) electrons. The summed E-state index contributed by atoms with van der Waals surface area (Å²) in [6, 6.07) is 13.4. The molecule has 202 valence electrons. The molecule has 0 saturated carbocycles. The van der Waals surface area contributed by atoms with Gasteiger partial charge in [0.2, 0.25) is 4.96 Å². The lowest BCUT2D eigenvalue weighted by molar-refractivity contribution is 0.285. The number of fused-ring (bicyclic) bond motifs is 1. The second-order valence-corrected chi connectivity index (χ2v) is 10.3. The summed E-state index contributed by atoms with van der Waals surface area (Å²) in [7, 11) is 1.62. The van der Waals surface area contributed by atoms with E-state index in [1.807, 2.05) is 48.5 Å². The summed E-state index contributed by atoms with van der Waals surface area (Å²) in [5.41, 5.74) is 1.51. The number of hydrogen-bond acceptors (Lipinski definition) is 7. The number of rotatable bonds is 15. The largest absolute Gasteiger partial charge is 0.494 e. The second kappa shape index (κ2) is 14.0. The van der Waals surface area contributed by atoms with Gasteiger partial charge in [-0.1, -0.05) is 69.8 Å². The number of ether oxygens (including phenoxy) is 3. The first-order valence-corrected chi connectivity index (χ1v) is 14.4. The maximum Gasteiger partial charge on any atom is 0.291 e. The first-order chi connectivity index (χ1) is 18.6. The van der Waals surface area contributed by atoms with Crippen LogP contribution in [0.3, 0.4) is 0 Å². The molecule has 0 fully saturated rings. The van der Waals surface area contributed by atoms with E-state index in [1.165, 1.54) is 48.0 Å². The number of nitrogens with zero attached hydrogens (tertiary/aromatic N) is 3. The summed E-state index contributed by atoms with van der Waals surface area (Å²) in [6.45, 7) is 5.77. The highest BCUT2D eigenvalue weighted by Gasteiger charge is 2.13. The number of thiazole rings is 1. The highest BCUT2D eigenvalue weighted by atomic mass is 32.1. The summed E-state index contributed by atoms with van der Waals surface area (Å²) in [4.78, 5) is 18.2. The van der Waals surface area contributed by atoms with E-state index >= 15 is 0 Å². The number of hydrogen-bond donors (Lipinski definition) is 0. The molecule has 0 bridgehead atoms. The van der Waals surface area contributed by atoms with Crippen LogP contribution in [0, 0.1) is 0 Å². The third-order valence-corrected chi connectivity index (χ3v) is 7.26. The third-order valence-electron chi connectivity index (χ3n) is 6.30. The van der Waals surface area contributed by atoms with Crippen LogP contribution < -0.4 is 24.3 Å². The average molecular weight is 536 g/mol. The standard InChI is InChI=1S/C30H37N3O4S/c1-4-6-8-10-18-36-24-15-13-23(14-16-24)28-31-30-33(32-28)29(34)27(38-30)21-22-12-17-25(26(20-22)35-3)37-19-11-9-7-5-2/h12-17,20-21H,4-11,18-19H2,1-3H3/b27-21+. The molecule has 0 aliphatic rings. The lowest BCUT2D eigenvalue weighted by Gasteiger charge is -2.11. The van der Waals surface area contributed by atoms with Gasteiger partial charge >= 0.3 is 0 Å². The molecule has 7 nitrogen and oxygen atoms in total. The highest BCUT2D eigenvalue weighted by molar-refractivity contribution is 7.15. The zero-order chi connectivity index (χ0) is 26.7.